The van der Waals surface area contributed by atoms with Gasteiger partial charge in [0.25, 0.3) is 0 Å². The summed E-state index contributed by atoms with van der Waals surface area (Å²) in [6.07, 6.45) is 0.497. The normalized spacial score (nSPS) is 19.0. The van der Waals surface area contributed by atoms with Gasteiger partial charge in [0, 0.05) is 25.1 Å². The first-order valence-corrected chi connectivity index (χ1v) is 8.76. The van der Waals surface area contributed by atoms with Crippen LogP contribution in [0.4, 0.5) is 0 Å². The fourth-order valence-electron chi connectivity index (χ4n) is 2.38. The van der Waals surface area contributed by atoms with Crippen LogP contribution in [0, 0.1) is 5.92 Å². The molecule has 5 nitrogen and oxygen atoms in total. The quantitative estimate of drug-likeness (QED) is 0.815. The summed E-state index contributed by atoms with van der Waals surface area (Å²) < 4.78 is 24.7. The monoisotopic (exact) mass is 326 g/mol. The molecule has 0 saturated carbocycles. The molecule has 21 heavy (non-hydrogen) atoms. The molecule has 1 saturated heterocycles. The zero-order valence-corrected chi connectivity index (χ0v) is 13.4. The Kier molecular flexibility index (Phi) is 4.63. The molecule has 1 fully saturated rings. The lowest BCUT2D eigenvalue weighted by Crippen LogP contribution is -2.30. The van der Waals surface area contributed by atoms with Crippen molar-refractivity contribution in [3.63, 3.8) is 0 Å². The third kappa shape index (κ3) is 3.79. The molecule has 1 atom stereocenters. The summed E-state index contributed by atoms with van der Waals surface area (Å²) in [6, 6.07) is 6.29. The van der Waals surface area contributed by atoms with Gasteiger partial charge in [0.2, 0.25) is 5.91 Å². The van der Waals surface area contributed by atoms with Crippen molar-refractivity contribution in [3.05, 3.63) is 29.8 Å². The van der Waals surface area contributed by atoms with Gasteiger partial charge in [-0.25, -0.2) is 8.42 Å². The Morgan fingerprint density at radius 2 is 2.19 bits per heavy atom. The summed E-state index contributed by atoms with van der Waals surface area (Å²) in [5, 5.41) is 0. The second kappa shape index (κ2) is 6.11. The Morgan fingerprint density at radius 1 is 1.48 bits per heavy atom. The van der Waals surface area contributed by atoms with Crippen LogP contribution in [0.5, 0.6) is 0 Å². The Morgan fingerprint density at radius 3 is 2.76 bits per heavy atom. The molecule has 7 heteroatoms. The first kappa shape index (κ1) is 15.9. The maximum Gasteiger partial charge on any atom is 0.222 e. The smallest absolute Gasteiger partial charge is 0.222 e. The first-order valence-electron chi connectivity index (χ1n) is 6.70. The lowest BCUT2D eigenvalue weighted by molar-refractivity contribution is -0.127. The highest BCUT2D eigenvalue weighted by molar-refractivity contribution is 7.91. The lowest BCUT2D eigenvalue weighted by atomic mass is 10.2. The van der Waals surface area contributed by atoms with Gasteiger partial charge in [-0.3, -0.25) is 4.79 Å². The average Bonchev–Trinajstić information content (AvgIpc) is 2.75. The highest BCUT2D eigenvalue weighted by Gasteiger charge is 2.27. The highest BCUT2D eigenvalue weighted by Crippen LogP contribution is 2.18. The number of thiocarbonyl (C=S) groups is 1. The van der Waals surface area contributed by atoms with Gasteiger partial charge in [-0.1, -0.05) is 31.3 Å². The van der Waals surface area contributed by atoms with E-state index in [0.29, 0.717) is 18.5 Å². The molecule has 1 aromatic carbocycles. The zero-order chi connectivity index (χ0) is 15.6. The molecule has 0 bridgehead atoms. The maximum absolute atomic E-state index is 12.3. The topological polar surface area (TPSA) is 80.5 Å². The van der Waals surface area contributed by atoms with E-state index in [9.17, 15) is 13.2 Å². The van der Waals surface area contributed by atoms with Crippen molar-refractivity contribution >= 4 is 33.0 Å². The predicted octanol–water partition coefficient (Wildman–Crippen LogP) is 0.963. The molecule has 1 heterocycles. The number of carbonyl (C=O) groups is 1. The van der Waals surface area contributed by atoms with Gasteiger partial charge < -0.3 is 10.6 Å². The molecule has 1 aliphatic rings. The SMILES string of the molecule is CC1CC(=O)N(CCS(=O)(=O)c2cccc(C(N)=S)c2)C1. The molecule has 1 aliphatic heterocycles. The lowest BCUT2D eigenvalue weighted by Gasteiger charge is -2.16. The molecule has 1 aromatic rings. The number of hydrogen-bond acceptors (Lipinski definition) is 4. The van der Waals surface area contributed by atoms with Gasteiger partial charge in [-0.05, 0) is 18.1 Å². The maximum atomic E-state index is 12.3. The standard InChI is InChI=1S/C14H18N2O3S2/c1-10-7-13(17)16(9-10)5-6-21(18,19)12-4-2-3-11(8-12)14(15)20/h2-4,8,10H,5-7,9H2,1H3,(H2,15,20). The number of carbonyl (C=O) groups excluding carboxylic acids is 1. The average molecular weight is 326 g/mol. The summed E-state index contributed by atoms with van der Waals surface area (Å²) in [5.74, 6) is 0.222. The molecule has 0 radical (unpaired) electrons. The van der Waals surface area contributed by atoms with E-state index in [1.807, 2.05) is 6.92 Å². The second-order valence-electron chi connectivity index (χ2n) is 5.36. The van der Waals surface area contributed by atoms with E-state index in [-0.39, 0.29) is 34.0 Å². The van der Waals surface area contributed by atoms with Gasteiger partial charge in [-0.15, -0.1) is 0 Å². The third-order valence-electron chi connectivity index (χ3n) is 3.52. The summed E-state index contributed by atoms with van der Waals surface area (Å²) in [7, 11) is -3.45. The van der Waals surface area contributed by atoms with E-state index in [1.165, 1.54) is 12.1 Å². The van der Waals surface area contributed by atoms with Crippen molar-refractivity contribution in [2.45, 2.75) is 18.2 Å². The number of sulfone groups is 1. The van der Waals surface area contributed by atoms with Gasteiger partial charge in [0.15, 0.2) is 9.84 Å². The molecular formula is C14H18N2O3S2. The summed E-state index contributed by atoms with van der Waals surface area (Å²) >= 11 is 4.86. The van der Waals surface area contributed by atoms with Gasteiger partial charge in [0.1, 0.15) is 4.99 Å². The molecule has 1 amide bonds. The van der Waals surface area contributed by atoms with Crippen LogP contribution in [0.3, 0.4) is 0 Å². The molecule has 2 N–H and O–H groups in total. The number of hydrogen-bond donors (Lipinski definition) is 1. The fourth-order valence-corrected chi connectivity index (χ4v) is 3.79. The van der Waals surface area contributed by atoms with Crippen molar-refractivity contribution in [3.8, 4) is 0 Å². The molecular weight excluding hydrogens is 308 g/mol. The minimum absolute atomic E-state index is 0.0228. The van der Waals surface area contributed by atoms with E-state index in [1.54, 1.807) is 17.0 Å². The van der Waals surface area contributed by atoms with Crippen LogP contribution in [0.15, 0.2) is 29.2 Å². The van der Waals surface area contributed by atoms with Crippen LogP contribution in [-0.4, -0.2) is 43.1 Å². The van der Waals surface area contributed by atoms with Crippen molar-refractivity contribution in [2.24, 2.45) is 11.7 Å². The third-order valence-corrected chi connectivity index (χ3v) is 5.44. The Balaban J connectivity index is 2.10. The first-order chi connectivity index (χ1) is 9.79. The van der Waals surface area contributed by atoms with Crippen LogP contribution < -0.4 is 5.73 Å². The molecule has 0 aliphatic carbocycles. The second-order valence-corrected chi connectivity index (χ2v) is 7.91. The Bertz CT molecular complexity index is 671. The van der Waals surface area contributed by atoms with Crippen LogP contribution in [-0.2, 0) is 14.6 Å². The molecule has 0 spiro atoms. The number of nitrogens with zero attached hydrogens (tertiary/aromatic N) is 1. The van der Waals surface area contributed by atoms with E-state index in [4.69, 9.17) is 18.0 Å². The number of rotatable bonds is 5. The largest absolute Gasteiger partial charge is 0.389 e. The van der Waals surface area contributed by atoms with Crippen LogP contribution >= 0.6 is 12.2 Å². The van der Waals surface area contributed by atoms with Crippen molar-refractivity contribution in [2.75, 3.05) is 18.8 Å². The molecule has 0 aromatic heterocycles. The summed E-state index contributed by atoms with van der Waals surface area (Å²) in [4.78, 5) is 13.6. The number of nitrogens with two attached hydrogens (primary N) is 1. The molecule has 2 rings (SSSR count). The van der Waals surface area contributed by atoms with E-state index in [0.717, 1.165) is 0 Å². The van der Waals surface area contributed by atoms with Crippen LogP contribution in [0.2, 0.25) is 0 Å². The Hall–Kier alpha value is -1.47. The number of benzene rings is 1. The predicted molar refractivity (Wildman–Crippen MR) is 84.7 cm³/mol. The van der Waals surface area contributed by atoms with Gasteiger partial charge in [0.05, 0.1) is 10.6 Å². The van der Waals surface area contributed by atoms with E-state index in [2.05, 4.69) is 0 Å². The fraction of sp³-hybridized carbons (Fsp3) is 0.429. The van der Waals surface area contributed by atoms with Crippen LogP contribution in [0.25, 0.3) is 0 Å². The van der Waals surface area contributed by atoms with Crippen LogP contribution in [0.1, 0.15) is 18.9 Å². The zero-order valence-electron chi connectivity index (χ0n) is 11.8. The molecule has 114 valence electrons. The van der Waals surface area contributed by atoms with Gasteiger partial charge >= 0.3 is 0 Å². The molecule has 1 unspecified atom stereocenters. The van der Waals surface area contributed by atoms with Crippen molar-refractivity contribution in [1.82, 2.24) is 4.90 Å². The highest BCUT2D eigenvalue weighted by atomic mass is 32.2. The Labute approximate surface area is 130 Å². The minimum atomic E-state index is -3.45. The summed E-state index contributed by atoms with van der Waals surface area (Å²) in [6.45, 7) is 2.84. The van der Waals surface area contributed by atoms with Gasteiger partial charge in [-0.2, -0.15) is 0 Å². The van der Waals surface area contributed by atoms with E-state index < -0.39 is 9.84 Å². The number of likely N-dealkylation sites (tertiary alicyclic amines) is 1. The minimum Gasteiger partial charge on any atom is -0.389 e. The van der Waals surface area contributed by atoms with Crippen molar-refractivity contribution in [1.29, 1.82) is 0 Å². The van der Waals surface area contributed by atoms with E-state index >= 15 is 0 Å². The van der Waals surface area contributed by atoms with Crippen molar-refractivity contribution < 1.29 is 13.2 Å². The summed E-state index contributed by atoms with van der Waals surface area (Å²) in [5.41, 5.74) is 6.04. The number of amides is 1.